The zero-order valence-electron chi connectivity index (χ0n) is 7.20. The average Bonchev–Trinajstić information content (AvgIpc) is 2.52. The number of ketones is 1. The molecule has 6 heteroatoms. The number of rotatable bonds is 2. The molecule has 0 radical (unpaired) electrons. The minimum atomic E-state index is -5.76. The van der Waals surface area contributed by atoms with Crippen LogP contribution in [0.1, 0.15) is 25.7 Å². The molecule has 0 aromatic heterocycles. The van der Waals surface area contributed by atoms with Gasteiger partial charge in [0.25, 0.3) is 0 Å². The van der Waals surface area contributed by atoms with E-state index in [0.717, 1.165) is 0 Å². The maximum atomic E-state index is 12.5. The number of carbonyl (C=O) groups is 1. The Morgan fingerprint density at radius 3 is 1.79 bits per heavy atom. The molecule has 0 saturated heterocycles. The van der Waals surface area contributed by atoms with Crippen molar-refractivity contribution in [2.24, 2.45) is 5.92 Å². The Morgan fingerprint density at radius 2 is 1.43 bits per heavy atom. The summed E-state index contributed by atoms with van der Waals surface area (Å²) in [6.07, 6.45) is -4.38. The molecule has 1 rings (SSSR count). The molecule has 1 saturated carbocycles. The molecule has 82 valence electrons. The summed E-state index contributed by atoms with van der Waals surface area (Å²) in [6, 6.07) is 0. The number of alkyl halides is 5. The molecular weight excluding hydrogens is 207 g/mol. The topological polar surface area (TPSA) is 17.1 Å². The van der Waals surface area contributed by atoms with Crippen LogP contribution in [-0.4, -0.2) is 17.9 Å². The standard InChI is InChI=1S/C8H9F5O/c9-7(10,8(11,12)13)6(14)5-3-1-2-4-5/h5H,1-4H2. The Balaban J connectivity index is 2.76. The number of carbonyl (C=O) groups excluding carboxylic acids is 1. The molecule has 0 aromatic carbocycles. The quantitative estimate of drug-likeness (QED) is 0.648. The number of hydrogen-bond donors (Lipinski definition) is 0. The minimum Gasteiger partial charge on any atom is -0.292 e. The summed E-state index contributed by atoms with van der Waals surface area (Å²) in [5.74, 6) is -8.27. The molecule has 1 aliphatic rings. The summed E-state index contributed by atoms with van der Waals surface area (Å²) in [5, 5.41) is 0. The summed E-state index contributed by atoms with van der Waals surface area (Å²) in [4.78, 5) is 10.8. The lowest BCUT2D eigenvalue weighted by Gasteiger charge is -2.20. The van der Waals surface area contributed by atoms with Crippen molar-refractivity contribution in [1.29, 1.82) is 0 Å². The highest BCUT2D eigenvalue weighted by Gasteiger charge is 2.64. The Labute approximate surface area is 77.3 Å². The van der Waals surface area contributed by atoms with Crippen molar-refractivity contribution >= 4 is 5.78 Å². The lowest BCUT2D eigenvalue weighted by molar-refractivity contribution is -0.270. The second kappa shape index (κ2) is 3.47. The van der Waals surface area contributed by atoms with E-state index in [9.17, 15) is 26.7 Å². The van der Waals surface area contributed by atoms with E-state index in [2.05, 4.69) is 0 Å². The SMILES string of the molecule is O=C(C1CCCC1)C(F)(F)C(F)(F)F. The molecule has 0 amide bonds. The molecular formula is C8H9F5O. The van der Waals surface area contributed by atoms with Crippen molar-refractivity contribution in [2.75, 3.05) is 0 Å². The van der Waals surface area contributed by atoms with E-state index in [4.69, 9.17) is 0 Å². The van der Waals surface area contributed by atoms with Crippen molar-refractivity contribution in [3.8, 4) is 0 Å². The maximum absolute atomic E-state index is 12.5. The predicted octanol–water partition coefficient (Wildman–Crippen LogP) is 2.94. The van der Waals surface area contributed by atoms with Crippen LogP contribution in [-0.2, 0) is 4.79 Å². The summed E-state index contributed by atoms with van der Waals surface area (Å²) in [5.41, 5.74) is 0. The van der Waals surface area contributed by atoms with E-state index in [1.54, 1.807) is 0 Å². The first-order chi connectivity index (χ1) is 6.27. The van der Waals surface area contributed by atoms with Crippen molar-refractivity contribution in [2.45, 2.75) is 37.8 Å². The number of Topliss-reactive ketones (excluding diaryl/α,β-unsaturated/α-hetero) is 1. The molecule has 0 N–H and O–H groups in total. The summed E-state index contributed by atoms with van der Waals surface area (Å²) >= 11 is 0. The first-order valence-electron chi connectivity index (χ1n) is 4.25. The Kier molecular flexibility index (Phi) is 2.83. The lowest BCUT2D eigenvalue weighted by atomic mass is 9.97. The van der Waals surface area contributed by atoms with Gasteiger partial charge in [-0.3, -0.25) is 4.79 Å². The van der Waals surface area contributed by atoms with Gasteiger partial charge in [-0.15, -0.1) is 0 Å². The zero-order chi connectivity index (χ0) is 11.0. The second-order valence-electron chi connectivity index (χ2n) is 3.42. The second-order valence-corrected chi connectivity index (χ2v) is 3.42. The molecule has 0 bridgehead atoms. The fourth-order valence-corrected chi connectivity index (χ4v) is 1.58. The van der Waals surface area contributed by atoms with Gasteiger partial charge in [0.2, 0.25) is 5.78 Å². The van der Waals surface area contributed by atoms with Gasteiger partial charge in [0.15, 0.2) is 0 Å². The fraction of sp³-hybridized carbons (Fsp3) is 0.875. The number of hydrogen-bond acceptors (Lipinski definition) is 1. The Bertz CT molecular complexity index is 226. The van der Waals surface area contributed by atoms with Crippen LogP contribution >= 0.6 is 0 Å². The van der Waals surface area contributed by atoms with Crippen molar-refractivity contribution in [3.63, 3.8) is 0 Å². The van der Waals surface area contributed by atoms with Gasteiger partial charge in [-0.05, 0) is 12.8 Å². The molecule has 0 aliphatic heterocycles. The molecule has 0 heterocycles. The first-order valence-corrected chi connectivity index (χ1v) is 4.25. The number of halogens is 5. The normalized spacial score (nSPS) is 20.1. The van der Waals surface area contributed by atoms with Crippen molar-refractivity contribution in [1.82, 2.24) is 0 Å². The molecule has 0 aromatic rings. The zero-order valence-corrected chi connectivity index (χ0v) is 7.20. The van der Waals surface area contributed by atoms with Crippen LogP contribution in [0.15, 0.2) is 0 Å². The van der Waals surface area contributed by atoms with Crippen molar-refractivity contribution < 1.29 is 26.7 Å². The van der Waals surface area contributed by atoms with Gasteiger partial charge >= 0.3 is 12.1 Å². The first kappa shape index (κ1) is 11.4. The summed E-state index contributed by atoms with van der Waals surface area (Å²) in [7, 11) is 0. The van der Waals surface area contributed by atoms with Crippen LogP contribution in [0.25, 0.3) is 0 Å². The van der Waals surface area contributed by atoms with E-state index >= 15 is 0 Å². The van der Waals surface area contributed by atoms with Gasteiger partial charge in [-0.25, -0.2) is 0 Å². The van der Waals surface area contributed by atoms with E-state index in [0.29, 0.717) is 12.8 Å². The smallest absolute Gasteiger partial charge is 0.292 e. The molecule has 1 nitrogen and oxygen atoms in total. The van der Waals surface area contributed by atoms with Crippen LogP contribution in [0.4, 0.5) is 22.0 Å². The molecule has 0 spiro atoms. The van der Waals surface area contributed by atoms with Gasteiger partial charge in [0, 0.05) is 5.92 Å². The van der Waals surface area contributed by atoms with Gasteiger partial charge in [0.05, 0.1) is 0 Å². The van der Waals surface area contributed by atoms with E-state index in [1.165, 1.54) is 0 Å². The fourth-order valence-electron chi connectivity index (χ4n) is 1.58. The van der Waals surface area contributed by atoms with Crippen molar-refractivity contribution in [3.05, 3.63) is 0 Å². The third-order valence-corrected chi connectivity index (χ3v) is 2.39. The van der Waals surface area contributed by atoms with Gasteiger partial charge < -0.3 is 0 Å². The van der Waals surface area contributed by atoms with E-state index in [-0.39, 0.29) is 12.8 Å². The average molecular weight is 216 g/mol. The van der Waals surface area contributed by atoms with Gasteiger partial charge in [-0.1, -0.05) is 12.8 Å². The predicted molar refractivity (Wildman–Crippen MR) is 38.0 cm³/mol. The Morgan fingerprint density at radius 1 is 1.00 bits per heavy atom. The van der Waals surface area contributed by atoms with Crippen LogP contribution in [0, 0.1) is 5.92 Å². The molecule has 1 aliphatic carbocycles. The summed E-state index contributed by atoms with van der Waals surface area (Å²) < 4.78 is 60.3. The van der Waals surface area contributed by atoms with Gasteiger partial charge in [0.1, 0.15) is 0 Å². The van der Waals surface area contributed by atoms with Gasteiger partial charge in [-0.2, -0.15) is 22.0 Å². The largest absolute Gasteiger partial charge is 0.461 e. The highest BCUT2D eigenvalue weighted by molar-refractivity contribution is 5.88. The third-order valence-electron chi connectivity index (χ3n) is 2.39. The van der Waals surface area contributed by atoms with E-state index in [1.807, 2.05) is 0 Å². The molecule has 0 unspecified atom stereocenters. The van der Waals surface area contributed by atoms with Crippen LogP contribution < -0.4 is 0 Å². The molecule has 1 fully saturated rings. The minimum absolute atomic E-state index is 0.143. The highest BCUT2D eigenvalue weighted by atomic mass is 19.4. The van der Waals surface area contributed by atoms with Crippen LogP contribution in [0.5, 0.6) is 0 Å². The lowest BCUT2D eigenvalue weighted by Crippen LogP contribution is -2.46. The Hall–Kier alpha value is -0.680. The third kappa shape index (κ3) is 1.88. The maximum Gasteiger partial charge on any atom is 0.461 e. The summed E-state index contributed by atoms with van der Waals surface area (Å²) in [6.45, 7) is 0. The monoisotopic (exact) mass is 216 g/mol. The molecule has 14 heavy (non-hydrogen) atoms. The van der Waals surface area contributed by atoms with Crippen LogP contribution in [0.2, 0.25) is 0 Å². The van der Waals surface area contributed by atoms with E-state index < -0.39 is 23.8 Å². The highest BCUT2D eigenvalue weighted by Crippen LogP contribution is 2.41. The molecule has 0 atom stereocenters. The van der Waals surface area contributed by atoms with Crippen LogP contribution in [0.3, 0.4) is 0 Å².